The zero-order valence-electron chi connectivity index (χ0n) is 22.2. The molecule has 5 rings (SSSR count). The molecule has 216 valence electrons. The number of piperidine rings is 1. The summed E-state index contributed by atoms with van der Waals surface area (Å²) in [7, 11) is 0. The van der Waals surface area contributed by atoms with Gasteiger partial charge in [0.1, 0.15) is 29.5 Å². The Hall–Kier alpha value is -3.76. The number of carbonyl (C=O) groups excluding carboxylic acids is 1. The molecule has 41 heavy (non-hydrogen) atoms. The first-order valence-corrected chi connectivity index (χ1v) is 13.8. The Morgan fingerprint density at radius 3 is 2.41 bits per heavy atom. The summed E-state index contributed by atoms with van der Waals surface area (Å²) in [4.78, 5) is 33.5. The van der Waals surface area contributed by atoms with E-state index in [-0.39, 0.29) is 16.9 Å². The van der Waals surface area contributed by atoms with Crippen molar-refractivity contribution in [1.29, 1.82) is 5.26 Å². The number of carbonyl (C=O) groups is 2. The van der Waals surface area contributed by atoms with Crippen LogP contribution < -0.4 is 14.5 Å². The standard InChI is InChI=1S/C28H28F3N5O4S/c1-2-23(24(37)38)34-12-8-20(9-13-34)40-19-6-4-17(5-7-19)36-26(41)35(25(39)27(36)10-3-11-27)18-14-21(28(29,30)31)22(15-32)33-16-18/h4-7,14,16,20,23H,2-3,8-13H2,1H3,(H,37,38). The molecule has 1 aliphatic carbocycles. The van der Waals surface area contributed by atoms with Gasteiger partial charge < -0.3 is 14.7 Å². The van der Waals surface area contributed by atoms with Gasteiger partial charge in [-0.3, -0.25) is 19.4 Å². The van der Waals surface area contributed by atoms with E-state index in [1.807, 2.05) is 11.8 Å². The SMILES string of the molecule is CCC(C(=O)O)N1CCC(Oc2ccc(N3C(=S)N(c4cnc(C#N)c(C(F)(F)F)c4)C(=O)C34CCC4)cc2)CC1. The number of hydrogen-bond acceptors (Lipinski definition) is 7. The predicted molar refractivity (Wildman–Crippen MR) is 146 cm³/mol. The maximum atomic E-state index is 13.6. The molecule has 0 radical (unpaired) electrons. The number of anilines is 2. The number of aliphatic carboxylic acids is 1. The summed E-state index contributed by atoms with van der Waals surface area (Å²) in [5.41, 5.74) is -2.53. The predicted octanol–water partition coefficient (Wildman–Crippen LogP) is 4.74. The van der Waals surface area contributed by atoms with Gasteiger partial charge in [-0.05, 0) is 81.1 Å². The highest BCUT2D eigenvalue weighted by Gasteiger charge is 2.59. The Balaban J connectivity index is 1.34. The normalized spacial score (nSPS) is 20.2. The van der Waals surface area contributed by atoms with Gasteiger partial charge in [0, 0.05) is 18.8 Å². The fourth-order valence-corrected chi connectivity index (χ4v) is 6.32. The number of likely N-dealkylation sites (tertiary alicyclic amines) is 1. The molecule has 3 aliphatic rings. The van der Waals surface area contributed by atoms with Crippen molar-refractivity contribution in [2.75, 3.05) is 22.9 Å². The number of hydrogen-bond donors (Lipinski definition) is 1. The van der Waals surface area contributed by atoms with E-state index in [0.29, 0.717) is 56.6 Å². The fraction of sp³-hybridized carbons (Fsp3) is 0.464. The third-order valence-corrected chi connectivity index (χ3v) is 8.49. The Bertz CT molecular complexity index is 1400. The smallest absolute Gasteiger partial charge is 0.419 e. The van der Waals surface area contributed by atoms with E-state index in [2.05, 4.69) is 4.98 Å². The Kier molecular flexibility index (Phi) is 7.65. The van der Waals surface area contributed by atoms with Gasteiger partial charge in [0.15, 0.2) is 10.8 Å². The number of ether oxygens (including phenoxy) is 1. The van der Waals surface area contributed by atoms with Crippen LogP contribution in [0.4, 0.5) is 24.5 Å². The third kappa shape index (κ3) is 5.10. The fourth-order valence-electron chi connectivity index (χ4n) is 5.85. The summed E-state index contributed by atoms with van der Waals surface area (Å²) in [6.07, 6.45) is -0.180. The maximum Gasteiger partial charge on any atom is 0.419 e. The number of amides is 1. The van der Waals surface area contributed by atoms with Gasteiger partial charge in [-0.2, -0.15) is 18.4 Å². The van der Waals surface area contributed by atoms with Crippen molar-refractivity contribution in [2.24, 2.45) is 0 Å². The van der Waals surface area contributed by atoms with E-state index >= 15 is 0 Å². The van der Waals surface area contributed by atoms with Crippen molar-refractivity contribution in [3.63, 3.8) is 0 Å². The van der Waals surface area contributed by atoms with Crippen LogP contribution in [0.3, 0.4) is 0 Å². The second-order valence-electron chi connectivity index (χ2n) is 10.5. The first kappa shape index (κ1) is 28.8. The quantitative estimate of drug-likeness (QED) is 0.460. The second-order valence-corrected chi connectivity index (χ2v) is 10.8. The lowest BCUT2D eigenvalue weighted by Crippen LogP contribution is -2.55. The van der Waals surface area contributed by atoms with Crippen molar-refractivity contribution in [3.8, 4) is 11.8 Å². The highest BCUT2D eigenvalue weighted by Crippen LogP contribution is 2.48. The Morgan fingerprint density at radius 1 is 1.24 bits per heavy atom. The van der Waals surface area contributed by atoms with Crippen LogP contribution in [-0.4, -0.2) is 62.8 Å². The lowest BCUT2D eigenvalue weighted by Gasteiger charge is -2.43. The molecule has 1 aromatic carbocycles. The van der Waals surface area contributed by atoms with Crippen LogP contribution in [0.15, 0.2) is 36.5 Å². The molecule has 1 N–H and O–H groups in total. The zero-order valence-corrected chi connectivity index (χ0v) is 23.0. The minimum Gasteiger partial charge on any atom is -0.490 e. The molecule has 2 aromatic rings. The van der Waals surface area contributed by atoms with Crippen molar-refractivity contribution in [1.82, 2.24) is 9.88 Å². The minimum atomic E-state index is -4.83. The molecular formula is C28H28F3N5O4S. The number of alkyl halides is 3. The highest BCUT2D eigenvalue weighted by molar-refractivity contribution is 7.81. The molecule has 1 saturated carbocycles. The molecule has 1 spiro atoms. The van der Waals surface area contributed by atoms with Gasteiger partial charge in [0.2, 0.25) is 0 Å². The molecule has 1 aromatic heterocycles. The van der Waals surface area contributed by atoms with Crippen molar-refractivity contribution < 1.29 is 32.6 Å². The Labute approximate surface area is 240 Å². The number of nitriles is 1. The minimum absolute atomic E-state index is 0.0410. The molecule has 2 saturated heterocycles. The largest absolute Gasteiger partial charge is 0.490 e. The van der Waals surface area contributed by atoms with Crippen LogP contribution in [-0.2, 0) is 15.8 Å². The molecule has 1 unspecified atom stereocenters. The van der Waals surface area contributed by atoms with Gasteiger partial charge in [0.05, 0.1) is 17.4 Å². The molecule has 9 nitrogen and oxygen atoms in total. The van der Waals surface area contributed by atoms with E-state index in [1.165, 1.54) is 6.07 Å². The number of aromatic nitrogens is 1. The van der Waals surface area contributed by atoms with Crippen LogP contribution in [0.1, 0.15) is 56.7 Å². The lowest BCUT2D eigenvalue weighted by atomic mass is 9.75. The van der Waals surface area contributed by atoms with Crippen LogP contribution in [0, 0.1) is 11.3 Å². The van der Waals surface area contributed by atoms with Crippen molar-refractivity contribution >= 4 is 40.6 Å². The van der Waals surface area contributed by atoms with Crippen LogP contribution in [0.2, 0.25) is 0 Å². The van der Waals surface area contributed by atoms with Gasteiger partial charge in [-0.25, -0.2) is 4.98 Å². The van der Waals surface area contributed by atoms with Gasteiger partial charge in [-0.1, -0.05) is 6.92 Å². The van der Waals surface area contributed by atoms with E-state index in [9.17, 15) is 27.9 Å². The lowest BCUT2D eigenvalue weighted by molar-refractivity contribution is -0.144. The second kappa shape index (κ2) is 10.9. The van der Waals surface area contributed by atoms with E-state index < -0.39 is 40.9 Å². The molecule has 2 aliphatic heterocycles. The number of pyridine rings is 1. The molecule has 3 heterocycles. The molecular weight excluding hydrogens is 559 g/mol. The third-order valence-electron chi connectivity index (χ3n) is 8.12. The maximum absolute atomic E-state index is 13.6. The molecule has 3 fully saturated rings. The summed E-state index contributed by atoms with van der Waals surface area (Å²) in [6.45, 7) is 3.10. The van der Waals surface area contributed by atoms with Gasteiger partial charge >= 0.3 is 12.1 Å². The van der Waals surface area contributed by atoms with Crippen molar-refractivity contribution in [2.45, 2.75) is 69.3 Å². The summed E-state index contributed by atoms with van der Waals surface area (Å²) >= 11 is 5.65. The molecule has 1 amide bonds. The number of carboxylic acid groups (broad SMARTS) is 1. The van der Waals surface area contributed by atoms with E-state index in [1.54, 1.807) is 29.2 Å². The average molecular weight is 588 g/mol. The number of halogens is 3. The monoisotopic (exact) mass is 587 g/mol. The average Bonchev–Trinajstić information content (AvgIpc) is 3.16. The van der Waals surface area contributed by atoms with E-state index in [4.69, 9.17) is 22.2 Å². The van der Waals surface area contributed by atoms with Crippen LogP contribution in [0.25, 0.3) is 0 Å². The molecule has 0 bridgehead atoms. The number of thiocarbonyl (C=S) groups is 1. The van der Waals surface area contributed by atoms with E-state index in [0.717, 1.165) is 23.6 Å². The first-order chi connectivity index (χ1) is 19.5. The highest BCUT2D eigenvalue weighted by atomic mass is 32.1. The Morgan fingerprint density at radius 2 is 1.90 bits per heavy atom. The number of nitrogens with zero attached hydrogens (tertiary/aromatic N) is 5. The first-order valence-electron chi connectivity index (χ1n) is 13.4. The molecule has 1 atom stereocenters. The van der Waals surface area contributed by atoms with Crippen molar-refractivity contribution in [3.05, 3.63) is 47.8 Å². The van der Waals surface area contributed by atoms with Gasteiger partial charge in [0.25, 0.3) is 5.91 Å². The van der Waals surface area contributed by atoms with Gasteiger partial charge in [-0.15, -0.1) is 0 Å². The number of rotatable bonds is 7. The van der Waals surface area contributed by atoms with Crippen LogP contribution >= 0.6 is 12.2 Å². The number of carboxylic acids is 1. The summed E-state index contributed by atoms with van der Waals surface area (Å²) in [5, 5.41) is 18.5. The summed E-state index contributed by atoms with van der Waals surface area (Å²) in [6, 6.07) is 8.76. The number of benzene rings is 1. The summed E-state index contributed by atoms with van der Waals surface area (Å²) in [5.74, 6) is -0.633. The zero-order chi connectivity index (χ0) is 29.5. The topological polar surface area (TPSA) is 110 Å². The van der Waals surface area contributed by atoms with Crippen LogP contribution in [0.5, 0.6) is 5.75 Å². The summed E-state index contributed by atoms with van der Waals surface area (Å²) < 4.78 is 47.0. The molecule has 13 heteroatoms.